The summed E-state index contributed by atoms with van der Waals surface area (Å²) in [6.07, 6.45) is 0. The normalized spacial score (nSPS) is 10.8. The largest absolute Gasteiger partial charge is 0.495 e. The van der Waals surface area contributed by atoms with Crippen molar-refractivity contribution in [2.24, 2.45) is 5.73 Å². The number of primary amides is 1. The third-order valence-corrected chi connectivity index (χ3v) is 3.09. The van der Waals surface area contributed by atoms with E-state index >= 15 is 0 Å². The minimum Gasteiger partial charge on any atom is -0.495 e. The number of nitrogens with two attached hydrogens (primary N) is 2. The zero-order chi connectivity index (χ0) is 12.3. The average molecular weight is 245 g/mol. The molecule has 16 heavy (non-hydrogen) atoms. The summed E-state index contributed by atoms with van der Waals surface area (Å²) >= 11 is 0. The van der Waals surface area contributed by atoms with Gasteiger partial charge in [0, 0.05) is 0 Å². The molecule has 1 aromatic carbocycles. The first-order chi connectivity index (χ1) is 7.36. The molecular weight excluding hydrogens is 234 g/mol. The molecule has 88 valence electrons. The van der Waals surface area contributed by atoms with E-state index in [4.69, 9.17) is 16.2 Å². The van der Waals surface area contributed by atoms with Gasteiger partial charge in [-0.15, -0.1) is 0 Å². The molecule has 0 saturated carbocycles. The van der Waals surface area contributed by atoms with Gasteiger partial charge in [-0.2, -0.15) is 0 Å². The van der Waals surface area contributed by atoms with Crippen LogP contribution in [0.5, 0.6) is 5.75 Å². The fraction of sp³-hybridized carbons (Fsp3) is 0.125. The highest BCUT2D eigenvalue weighted by Gasteiger charge is 2.17. The minimum absolute atomic E-state index is 0.148. The molecule has 0 aliphatic heterocycles. The number of hydrogen-bond donors (Lipinski definition) is 3. The maximum atomic E-state index is 11.5. The molecule has 0 radical (unpaired) electrons. The van der Waals surface area contributed by atoms with Crippen LogP contribution >= 0.6 is 0 Å². The summed E-state index contributed by atoms with van der Waals surface area (Å²) in [6, 6.07) is 2.64. The van der Waals surface area contributed by atoms with Crippen LogP contribution in [0.1, 0.15) is 0 Å². The van der Waals surface area contributed by atoms with E-state index in [1.54, 1.807) is 4.72 Å². The Morgan fingerprint density at radius 1 is 1.44 bits per heavy atom. The van der Waals surface area contributed by atoms with Crippen LogP contribution in [0, 0.1) is 0 Å². The van der Waals surface area contributed by atoms with Gasteiger partial charge in [-0.05, 0) is 18.2 Å². The molecule has 1 aromatic rings. The Morgan fingerprint density at radius 3 is 2.50 bits per heavy atom. The molecule has 0 saturated heterocycles. The smallest absolute Gasteiger partial charge is 0.326 e. The van der Waals surface area contributed by atoms with E-state index < -0.39 is 16.1 Å². The maximum absolute atomic E-state index is 11.5. The van der Waals surface area contributed by atoms with E-state index in [0.29, 0.717) is 5.75 Å². The van der Waals surface area contributed by atoms with E-state index in [1.807, 2.05) is 0 Å². The second-order valence-electron chi connectivity index (χ2n) is 2.87. The predicted octanol–water partition coefficient (Wildman–Crippen LogP) is -0.366. The van der Waals surface area contributed by atoms with Gasteiger partial charge in [0.15, 0.2) is 0 Å². The number of urea groups is 1. The number of nitrogen functional groups attached to an aromatic ring is 1. The van der Waals surface area contributed by atoms with Crippen LogP contribution in [0.25, 0.3) is 0 Å². The molecule has 7 nitrogen and oxygen atoms in total. The van der Waals surface area contributed by atoms with Gasteiger partial charge in [-0.3, -0.25) is 0 Å². The number of sulfonamides is 1. The fourth-order valence-corrected chi connectivity index (χ4v) is 1.98. The van der Waals surface area contributed by atoms with Crippen LogP contribution in [-0.2, 0) is 10.0 Å². The highest BCUT2D eigenvalue weighted by atomic mass is 32.2. The lowest BCUT2D eigenvalue weighted by molar-refractivity contribution is 0.253. The van der Waals surface area contributed by atoms with E-state index in [9.17, 15) is 13.2 Å². The molecule has 5 N–H and O–H groups in total. The molecule has 0 unspecified atom stereocenters. The molecule has 8 heteroatoms. The first-order valence-corrected chi connectivity index (χ1v) is 5.61. The van der Waals surface area contributed by atoms with Gasteiger partial charge in [0.1, 0.15) is 5.75 Å². The van der Waals surface area contributed by atoms with Crippen LogP contribution in [0.3, 0.4) is 0 Å². The lowest BCUT2D eigenvalue weighted by atomic mass is 10.3. The van der Waals surface area contributed by atoms with E-state index in [0.717, 1.165) is 0 Å². The van der Waals surface area contributed by atoms with E-state index in [2.05, 4.69) is 0 Å². The summed E-state index contributed by atoms with van der Waals surface area (Å²) in [7, 11) is -2.56. The van der Waals surface area contributed by atoms with Crippen LogP contribution in [0.15, 0.2) is 23.1 Å². The second-order valence-corrected chi connectivity index (χ2v) is 4.56. The molecule has 0 fully saturated rings. The first kappa shape index (κ1) is 12.1. The average Bonchev–Trinajstić information content (AvgIpc) is 2.15. The number of ether oxygens (including phenoxy) is 1. The molecule has 0 aliphatic rings. The highest BCUT2D eigenvalue weighted by molar-refractivity contribution is 7.90. The van der Waals surface area contributed by atoms with Crippen molar-refractivity contribution in [1.29, 1.82) is 0 Å². The van der Waals surface area contributed by atoms with Gasteiger partial charge >= 0.3 is 6.03 Å². The third-order valence-electron chi connectivity index (χ3n) is 1.75. The number of carbonyl (C=O) groups is 1. The van der Waals surface area contributed by atoms with Crippen molar-refractivity contribution in [3.05, 3.63) is 18.2 Å². The SMILES string of the molecule is COc1ccc(S(=O)(=O)NC(N)=O)cc1N. The molecule has 0 spiro atoms. The lowest BCUT2D eigenvalue weighted by Crippen LogP contribution is -2.34. The standard InChI is InChI=1S/C8H11N3O4S/c1-15-7-3-2-5(4-6(7)9)16(13,14)11-8(10)12/h2-4H,9H2,1H3,(H3,10,11,12). The number of carbonyl (C=O) groups excluding carboxylic acids is 1. The van der Waals surface area contributed by atoms with Gasteiger partial charge in [0.05, 0.1) is 17.7 Å². The Morgan fingerprint density at radius 2 is 2.06 bits per heavy atom. The van der Waals surface area contributed by atoms with Crippen molar-refractivity contribution in [3.8, 4) is 5.75 Å². The van der Waals surface area contributed by atoms with Gasteiger partial charge in [-0.25, -0.2) is 17.9 Å². The van der Waals surface area contributed by atoms with Crippen LogP contribution in [0.4, 0.5) is 10.5 Å². The summed E-state index contributed by atoms with van der Waals surface area (Å²) in [4.78, 5) is 10.3. The first-order valence-electron chi connectivity index (χ1n) is 4.12. The van der Waals surface area contributed by atoms with Gasteiger partial charge in [-0.1, -0.05) is 0 Å². The number of hydrogen-bond acceptors (Lipinski definition) is 5. The molecule has 1 rings (SSSR count). The van der Waals surface area contributed by atoms with E-state index in [-0.39, 0.29) is 10.6 Å². The number of benzene rings is 1. The Hall–Kier alpha value is -1.96. The van der Waals surface area contributed by atoms with Crippen molar-refractivity contribution in [2.45, 2.75) is 4.90 Å². The number of methoxy groups -OCH3 is 1. The third kappa shape index (κ3) is 2.54. The van der Waals surface area contributed by atoms with Crippen molar-refractivity contribution in [1.82, 2.24) is 4.72 Å². The molecule has 0 atom stereocenters. The molecule has 0 bridgehead atoms. The summed E-state index contributed by atoms with van der Waals surface area (Å²) in [5.41, 5.74) is 10.4. The van der Waals surface area contributed by atoms with Gasteiger partial charge in [0.2, 0.25) is 0 Å². The number of nitrogens with one attached hydrogen (secondary N) is 1. The summed E-state index contributed by atoms with van der Waals surface area (Å²) in [5, 5.41) is 0. The van der Waals surface area contributed by atoms with Crippen molar-refractivity contribution >= 4 is 21.7 Å². The Kier molecular flexibility index (Phi) is 3.23. The van der Waals surface area contributed by atoms with Crippen LogP contribution in [0.2, 0.25) is 0 Å². The van der Waals surface area contributed by atoms with Crippen molar-refractivity contribution in [3.63, 3.8) is 0 Å². The maximum Gasteiger partial charge on any atom is 0.326 e. The second kappa shape index (κ2) is 4.27. The van der Waals surface area contributed by atoms with Gasteiger partial charge < -0.3 is 16.2 Å². The Balaban J connectivity index is 3.15. The molecule has 0 aromatic heterocycles. The number of amides is 2. The number of anilines is 1. The summed E-state index contributed by atoms with van der Waals surface area (Å²) in [5.74, 6) is 0.345. The Bertz CT molecular complexity index is 512. The fourth-order valence-electron chi connectivity index (χ4n) is 1.07. The summed E-state index contributed by atoms with van der Waals surface area (Å²) in [6.45, 7) is 0. The minimum atomic E-state index is -3.97. The molecule has 0 aliphatic carbocycles. The predicted molar refractivity (Wildman–Crippen MR) is 57.3 cm³/mol. The zero-order valence-corrected chi connectivity index (χ0v) is 9.24. The highest BCUT2D eigenvalue weighted by Crippen LogP contribution is 2.23. The number of rotatable bonds is 3. The van der Waals surface area contributed by atoms with E-state index in [1.165, 1.54) is 25.3 Å². The van der Waals surface area contributed by atoms with Crippen LogP contribution < -0.4 is 20.9 Å². The van der Waals surface area contributed by atoms with Crippen LogP contribution in [-0.4, -0.2) is 21.6 Å². The van der Waals surface area contributed by atoms with Crippen molar-refractivity contribution < 1.29 is 17.9 Å². The lowest BCUT2D eigenvalue weighted by Gasteiger charge is -2.07. The quantitative estimate of drug-likeness (QED) is 0.627. The molecule has 0 heterocycles. The molecular formula is C8H11N3O4S. The zero-order valence-electron chi connectivity index (χ0n) is 8.43. The Labute approximate surface area is 92.4 Å². The molecule has 2 amide bonds. The van der Waals surface area contributed by atoms with Gasteiger partial charge in [0.25, 0.3) is 10.0 Å². The van der Waals surface area contributed by atoms with Crippen molar-refractivity contribution in [2.75, 3.05) is 12.8 Å². The topological polar surface area (TPSA) is 125 Å². The summed E-state index contributed by atoms with van der Waals surface area (Å²) < 4.78 is 29.4. The monoisotopic (exact) mass is 245 g/mol.